The predicted molar refractivity (Wildman–Crippen MR) is 129 cm³/mol. The van der Waals surface area contributed by atoms with Crippen LogP contribution >= 0.6 is 15.9 Å². The summed E-state index contributed by atoms with van der Waals surface area (Å²) in [6.45, 7) is 0.101. The van der Waals surface area contributed by atoms with E-state index in [1.54, 1.807) is 24.3 Å². The minimum absolute atomic E-state index is 0.0582. The van der Waals surface area contributed by atoms with Gasteiger partial charge < -0.3 is 25.0 Å². The van der Waals surface area contributed by atoms with Gasteiger partial charge in [-0.2, -0.15) is 5.26 Å². The molecule has 3 aromatic rings. The number of aromatic hydroxyl groups is 1. The molecule has 1 amide bonds. The first-order chi connectivity index (χ1) is 16.3. The third kappa shape index (κ3) is 6.15. The smallest absolute Gasteiger partial charge is 0.335 e. The molecule has 0 saturated heterocycles. The van der Waals surface area contributed by atoms with Crippen LogP contribution in [0.4, 0.5) is 5.69 Å². The predicted octanol–water partition coefficient (Wildman–Crippen LogP) is 4.99. The van der Waals surface area contributed by atoms with Gasteiger partial charge in [0.1, 0.15) is 24.0 Å². The number of carboxylic acid groups (broad SMARTS) is 1. The highest BCUT2D eigenvalue weighted by molar-refractivity contribution is 9.10. The number of benzene rings is 3. The molecule has 0 bridgehead atoms. The molecule has 0 atom stereocenters. The van der Waals surface area contributed by atoms with Crippen molar-refractivity contribution in [2.45, 2.75) is 6.61 Å². The zero-order valence-electron chi connectivity index (χ0n) is 17.9. The van der Waals surface area contributed by atoms with E-state index in [4.69, 9.17) is 14.6 Å². The molecule has 0 spiro atoms. The van der Waals surface area contributed by atoms with E-state index in [-0.39, 0.29) is 23.5 Å². The summed E-state index contributed by atoms with van der Waals surface area (Å²) in [6.07, 6.45) is 1.41. The number of rotatable bonds is 8. The monoisotopic (exact) mass is 522 g/mol. The first-order valence-electron chi connectivity index (χ1n) is 9.85. The maximum Gasteiger partial charge on any atom is 0.335 e. The van der Waals surface area contributed by atoms with Crippen molar-refractivity contribution in [3.8, 4) is 23.3 Å². The molecule has 0 unspecified atom stereocenters. The van der Waals surface area contributed by atoms with Gasteiger partial charge in [0.2, 0.25) is 0 Å². The summed E-state index contributed by atoms with van der Waals surface area (Å²) in [5, 5.41) is 30.6. The largest absolute Gasteiger partial charge is 0.508 e. The van der Waals surface area contributed by atoms with Crippen molar-refractivity contribution in [1.82, 2.24) is 0 Å². The molecule has 0 aliphatic rings. The van der Waals surface area contributed by atoms with Crippen LogP contribution in [0.1, 0.15) is 21.5 Å². The van der Waals surface area contributed by atoms with Gasteiger partial charge in [0, 0.05) is 5.69 Å². The van der Waals surface area contributed by atoms with Crippen LogP contribution in [0, 0.1) is 11.3 Å². The minimum atomic E-state index is -1.03. The van der Waals surface area contributed by atoms with E-state index in [1.807, 2.05) is 6.07 Å². The van der Waals surface area contributed by atoms with Gasteiger partial charge in [0.25, 0.3) is 5.91 Å². The Hall–Kier alpha value is -4.29. The number of hydrogen-bond acceptors (Lipinski definition) is 6. The summed E-state index contributed by atoms with van der Waals surface area (Å²) in [4.78, 5) is 23.7. The second-order valence-electron chi connectivity index (χ2n) is 7.00. The van der Waals surface area contributed by atoms with Crippen LogP contribution in [0.3, 0.4) is 0 Å². The average Bonchev–Trinajstić information content (AvgIpc) is 2.83. The average molecular weight is 523 g/mol. The Morgan fingerprint density at radius 3 is 2.53 bits per heavy atom. The number of carboxylic acids is 1. The highest BCUT2D eigenvalue weighted by Gasteiger charge is 2.15. The number of phenols is 1. The Morgan fingerprint density at radius 2 is 1.88 bits per heavy atom. The molecule has 0 aliphatic heterocycles. The SMILES string of the molecule is COc1cc(/C=C(/C#N)C(=O)Nc2ccc(O)cc2)cc(Br)c1OCc1cccc(C(=O)O)c1. The van der Waals surface area contributed by atoms with Crippen LogP contribution in [0.5, 0.6) is 17.2 Å². The highest BCUT2D eigenvalue weighted by atomic mass is 79.9. The van der Waals surface area contributed by atoms with E-state index in [2.05, 4.69) is 21.2 Å². The zero-order chi connectivity index (χ0) is 24.7. The quantitative estimate of drug-likeness (QED) is 0.216. The van der Waals surface area contributed by atoms with Gasteiger partial charge in [-0.15, -0.1) is 0 Å². The lowest BCUT2D eigenvalue weighted by atomic mass is 10.1. The Kier molecular flexibility index (Phi) is 7.90. The maximum atomic E-state index is 12.5. The number of phenolic OH excluding ortho intramolecular Hbond substituents is 1. The summed E-state index contributed by atoms with van der Waals surface area (Å²) in [5.41, 5.74) is 1.62. The molecule has 8 nitrogen and oxygen atoms in total. The third-order valence-corrected chi connectivity index (χ3v) is 5.20. The van der Waals surface area contributed by atoms with E-state index < -0.39 is 11.9 Å². The molecule has 3 N–H and O–H groups in total. The summed E-state index contributed by atoms with van der Waals surface area (Å²) >= 11 is 3.42. The van der Waals surface area contributed by atoms with Crippen molar-refractivity contribution in [2.75, 3.05) is 12.4 Å². The van der Waals surface area contributed by atoms with Crippen molar-refractivity contribution in [2.24, 2.45) is 0 Å². The second kappa shape index (κ2) is 11.0. The molecular formula is C25H19BrN2O6. The molecule has 9 heteroatoms. The van der Waals surface area contributed by atoms with E-state index in [9.17, 15) is 20.0 Å². The van der Waals surface area contributed by atoms with E-state index in [0.717, 1.165) is 0 Å². The van der Waals surface area contributed by atoms with Crippen LogP contribution < -0.4 is 14.8 Å². The number of nitriles is 1. The van der Waals surface area contributed by atoms with Crippen LogP contribution in [-0.2, 0) is 11.4 Å². The van der Waals surface area contributed by atoms with Crippen molar-refractivity contribution >= 4 is 39.6 Å². The highest BCUT2D eigenvalue weighted by Crippen LogP contribution is 2.38. The van der Waals surface area contributed by atoms with Gasteiger partial charge >= 0.3 is 5.97 Å². The fourth-order valence-electron chi connectivity index (χ4n) is 2.97. The molecule has 0 aliphatic carbocycles. The minimum Gasteiger partial charge on any atom is -0.508 e. The van der Waals surface area contributed by atoms with E-state index in [0.29, 0.717) is 32.8 Å². The summed E-state index contributed by atoms with van der Waals surface area (Å²) < 4.78 is 11.8. The van der Waals surface area contributed by atoms with Crippen LogP contribution in [-0.4, -0.2) is 29.2 Å². The van der Waals surface area contributed by atoms with Crippen LogP contribution in [0.15, 0.2) is 70.7 Å². The molecule has 172 valence electrons. The van der Waals surface area contributed by atoms with Gasteiger partial charge in [-0.3, -0.25) is 4.79 Å². The number of aromatic carboxylic acids is 1. The van der Waals surface area contributed by atoms with Crippen LogP contribution in [0.2, 0.25) is 0 Å². The second-order valence-corrected chi connectivity index (χ2v) is 7.85. The molecule has 3 aromatic carbocycles. The van der Waals surface area contributed by atoms with Crippen molar-refractivity contribution < 1.29 is 29.3 Å². The summed E-state index contributed by atoms with van der Waals surface area (Å²) in [5.74, 6) is -0.844. The first kappa shape index (κ1) is 24.4. The zero-order valence-corrected chi connectivity index (χ0v) is 19.5. The van der Waals surface area contributed by atoms with Gasteiger partial charge in [0.05, 0.1) is 17.1 Å². The fraction of sp³-hybridized carbons (Fsp3) is 0.0800. The number of halogens is 1. The summed E-state index contributed by atoms with van der Waals surface area (Å²) in [6, 6.07) is 17.4. The third-order valence-electron chi connectivity index (χ3n) is 4.61. The number of nitrogens with one attached hydrogen (secondary N) is 1. The fourth-order valence-corrected chi connectivity index (χ4v) is 3.55. The number of carbonyl (C=O) groups is 2. The Morgan fingerprint density at radius 1 is 1.15 bits per heavy atom. The Balaban J connectivity index is 1.81. The van der Waals surface area contributed by atoms with Crippen molar-refractivity contribution in [3.05, 3.63) is 87.4 Å². The molecular weight excluding hydrogens is 504 g/mol. The lowest BCUT2D eigenvalue weighted by Gasteiger charge is -2.14. The van der Waals surface area contributed by atoms with Gasteiger partial charge in [-0.1, -0.05) is 12.1 Å². The number of carbonyl (C=O) groups excluding carboxylic acids is 1. The maximum absolute atomic E-state index is 12.5. The van der Waals surface area contributed by atoms with Crippen molar-refractivity contribution in [3.63, 3.8) is 0 Å². The number of methoxy groups -OCH3 is 1. The molecule has 0 saturated carbocycles. The molecule has 34 heavy (non-hydrogen) atoms. The van der Waals surface area contributed by atoms with Gasteiger partial charge in [-0.05, 0) is 81.7 Å². The summed E-state index contributed by atoms with van der Waals surface area (Å²) in [7, 11) is 1.45. The number of ether oxygens (including phenoxy) is 2. The molecule has 0 heterocycles. The van der Waals surface area contributed by atoms with Crippen molar-refractivity contribution in [1.29, 1.82) is 5.26 Å². The number of nitrogens with zero attached hydrogens (tertiary/aromatic N) is 1. The molecule has 0 aromatic heterocycles. The Labute approximate surface area is 203 Å². The topological polar surface area (TPSA) is 129 Å². The van der Waals surface area contributed by atoms with Gasteiger partial charge in [-0.25, -0.2) is 4.79 Å². The first-order valence-corrected chi connectivity index (χ1v) is 10.6. The van der Waals surface area contributed by atoms with E-state index in [1.165, 1.54) is 49.6 Å². The number of anilines is 1. The van der Waals surface area contributed by atoms with Crippen LogP contribution in [0.25, 0.3) is 6.08 Å². The number of hydrogen-bond donors (Lipinski definition) is 3. The normalized spacial score (nSPS) is 10.8. The van der Waals surface area contributed by atoms with Gasteiger partial charge in [0.15, 0.2) is 11.5 Å². The molecule has 3 rings (SSSR count). The lowest BCUT2D eigenvalue weighted by molar-refractivity contribution is -0.112. The lowest BCUT2D eigenvalue weighted by Crippen LogP contribution is -2.13. The molecule has 0 radical (unpaired) electrons. The molecule has 0 fully saturated rings. The van der Waals surface area contributed by atoms with E-state index >= 15 is 0 Å². The standard InChI is InChI=1S/C25H19BrN2O6/c1-33-22-12-16(10-18(13-27)24(30)28-19-5-7-20(29)8-6-19)11-21(26)23(22)34-14-15-3-2-4-17(9-15)25(31)32/h2-12,29H,14H2,1H3,(H,28,30)(H,31,32)/b18-10-. The Bertz CT molecular complexity index is 1300. The number of amides is 1.